The lowest BCUT2D eigenvalue weighted by molar-refractivity contribution is 0.265. The van der Waals surface area contributed by atoms with Crippen molar-refractivity contribution >= 4 is 17.4 Å². The van der Waals surface area contributed by atoms with Crippen molar-refractivity contribution in [3.05, 3.63) is 23.8 Å². The normalized spacial score (nSPS) is 23.9. The van der Waals surface area contributed by atoms with Crippen LogP contribution in [0.5, 0.6) is 5.75 Å². The van der Waals surface area contributed by atoms with Gasteiger partial charge in [0.15, 0.2) is 0 Å². The van der Waals surface area contributed by atoms with Crippen LogP contribution in [-0.2, 0) is 6.54 Å². The predicted molar refractivity (Wildman–Crippen MR) is 77.6 cm³/mol. The maximum absolute atomic E-state index is 5.83. The van der Waals surface area contributed by atoms with Crippen LogP contribution in [0.4, 0.5) is 5.69 Å². The number of para-hydroxylation sites is 1. The first-order valence-corrected chi connectivity index (χ1v) is 7.70. The highest BCUT2D eigenvalue weighted by Gasteiger charge is 2.20. The van der Waals surface area contributed by atoms with Gasteiger partial charge in [0.25, 0.3) is 0 Å². The van der Waals surface area contributed by atoms with Crippen LogP contribution in [0, 0.1) is 0 Å². The molecule has 1 aromatic rings. The summed E-state index contributed by atoms with van der Waals surface area (Å²) in [6, 6.07) is 6.42. The van der Waals surface area contributed by atoms with Gasteiger partial charge in [-0.3, -0.25) is 4.90 Å². The van der Waals surface area contributed by atoms with Crippen LogP contribution < -0.4 is 10.1 Å². The van der Waals surface area contributed by atoms with E-state index in [1.54, 1.807) is 0 Å². The average molecular weight is 264 g/mol. The van der Waals surface area contributed by atoms with E-state index in [1.165, 1.54) is 24.4 Å². The molecule has 2 aliphatic rings. The molecular weight excluding hydrogens is 244 g/mol. The van der Waals surface area contributed by atoms with E-state index in [0.717, 1.165) is 36.4 Å². The highest BCUT2D eigenvalue weighted by molar-refractivity contribution is 7.99. The number of fused-ring (bicyclic) bond motifs is 1. The largest absolute Gasteiger partial charge is 0.489 e. The lowest BCUT2D eigenvalue weighted by Gasteiger charge is -2.31. The third-order valence-electron chi connectivity index (χ3n) is 3.48. The molecule has 2 heterocycles. The van der Waals surface area contributed by atoms with Gasteiger partial charge in [-0.05, 0) is 6.07 Å². The van der Waals surface area contributed by atoms with Gasteiger partial charge in [0.1, 0.15) is 12.4 Å². The first kappa shape index (κ1) is 12.2. The number of anilines is 1. The maximum atomic E-state index is 5.83. The highest BCUT2D eigenvalue weighted by Crippen LogP contribution is 2.32. The zero-order chi connectivity index (χ0) is 12.4. The zero-order valence-corrected chi connectivity index (χ0v) is 11.6. The molecule has 1 fully saturated rings. The van der Waals surface area contributed by atoms with Crippen LogP contribution in [0.1, 0.15) is 12.5 Å². The van der Waals surface area contributed by atoms with E-state index in [9.17, 15) is 0 Å². The number of rotatable bonds is 2. The van der Waals surface area contributed by atoms with Crippen LogP contribution in [-0.4, -0.2) is 42.1 Å². The third kappa shape index (κ3) is 2.59. The van der Waals surface area contributed by atoms with Crippen molar-refractivity contribution in [1.29, 1.82) is 0 Å². The van der Waals surface area contributed by atoms with Crippen molar-refractivity contribution < 1.29 is 4.74 Å². The molecule has 3 rings (SSSR count). The molecule has 0 saturated carbocycles. The summed E-state index contributed by atoms with van der Waals surface area (Å²) in [6.07, 6.45) is 0. The first-order chi connectivity index (χ1) is 8.83. The van der Waals surface area contributed by atoms with Gasteiger partial charge in [0.05, 0.1) is 5.69 Å². The summed E-state index contributed by atoms with van der Waals surface area (Å²) in [6.45, 7) is 7.38. The topological polar surface area (TPSA) is 24.5 Å². The van der Waals surface area contributed by atoms with Crippen LogP contribution in [0.2, 0.25) is 0 Å². The number of nitrogens with one attached hydrogen (secondary N) is 1. The Kier molecular flexibility index (Phi) is 3.66. The van der Waals surface area contributed by atoms with E-state index in [-0.39, 0.29) is 0 Å². The molecule has 2 aliphatic heterocycles. The molecule has 1 atom stereocenters. The number of hydrogen-bond acceptors (Lipinski definition) is 4. The van der Waals surface area contributed by atoms with Gasteiger partial charge in [-0.2, -0.15) is 11.8 Å². The van der Waals surface area contributed by atoms with E-state index in [1.807, 2.05) is 0 Å². The van der Waals surface area contributed by atoms with Gasteiger partial charge < -0.3 is 10.1 Å². The van der Waals surface area contributed by atoms with Gasteiger partial charge in [-0.25, -0.2) is 0 Å². The Balaban J connectivity index is 1.76. The number of nitrogens with zero attached hydrogens (tertiary/aromatic N) is 1. The second-order valence-electron chi connectivity index (χ2n) is 4.99. The predicted octanol–water partition coefficient (Wildman–Crippen LogP) is 2.43. The van der Waals surface area contributed by atoms with Crippen molar-refractivity contribution in [1.82, 2.24) is 4.90 Å². The Morgan fingerprint density at radius 1 is 1.50 bits per heavy atom. The Morgan fingerprint density at radius 2 is 2.44 bits per heavy atom. The second kappa shape index (κ2) is 5.41. The number of benzene rings is 1. The first-order valence-electron chi connectivity index (χ1n) is 6.65. The van der Waals surface area contributed by atoms with Crippen LogP contribution in [0.3, 0.4) is 0 Å². The molecule has 18 heavy (non-hydrogen) atoms. The van der Waals surface area contributed by atoms with E-state index in [0.29, 0.717) is 0 Å². The van der Waals surface area contributed by atoms with E-state index in [2.05, 4.69) is 47.1 Å². The van der Waals surface area contributed by atoms with Gasteiger partial charge in [0, 0.05) is 42.7 Å². The smallest absolute Gasteiger partial charge is 0.146 e. The fraction of sp³-hybridized carbons (Fsp3) is 0.571. The Hall–Kier alpha value is -0.870. The minimum atomic E-state index is 0.748. The number of thioether (sulfide) groups is 1. The van der Waals surface area contributed by atoms with E-state index in [4.69, 9.17) is 4.74 Å². The third-order valence-corrected chi connectivity index (χ3v) is 4.62. The Labute approximate surface area is 113 Å². The average Bonchev–Trinajstić information content (AvgIpc) is 2.39. The fourth-order valence-electron chi connectivity index (χ4n) is 2.63. The van der Waals surface area contributed by atoms with Crippen molar-refractivity contribution in [3.8, 4) is 5.75 Å². The molecule has 1 saturated heterocycles. The summed E-state index contributed by atoms with van der Waals surface area (Å²) in [5, 5.41) is 4.15. The lowest BCUT2D eigenvalue weighted by Crippen LogP contribution is -2.36. The fourth-order valence-corrected chi connectivity index (χ4v) is 3.72. The van der Waals surface area contributed by atoms with Crippen molar-refractivity contribution in [2.75, 3.05) is 37.3 Å². The summed E-state index contributed by atoms with van der Waals surface area (Å²) in [4.78, 5) is 2.54. The molecular formula is C14H20N2OS. The molecule has 0 bridgehead atoms. The molecule has 1 unspecified atom stereocenters. The van der Waals surface area contributed by atoms with Gasteiger partial charge >= 0.3 is 0 Å². The van der Waals surface area contributed by atoms with Crippen molar-refractivity contribution in [3.63, 3.8) is 0 Å². The van der Waals surface area contributed by atoms with Gasteiger partial charge in [-0.1, -0.05) is 19.1 Å². The van der Waals surface area contributed by atoms with Crippen molar-refractivity contribution in [2.45, 2.75) is 18.7 Å². The lowest BCUT2D eigenvalue weighted by atomic mass is 10.1. The standard InChI is InChI=1S/C14H20N2OS/c1-11-9-16(6-8-18-11)10-12-3-2-4-13-14(12)17-7-5-15-13/h2-4,11,15H,5-10H2,1H3. The molecule has 0 radical (unpaired) electrons. The van der Waals surface area contributed by atoms with Gasteiger partial charge in [-0.15, -0.1) is 0 Å². The molecule has 0 amide bonds. The van der Waals surface area contributed by atoms with Crippen LogP contribution >= 0.6 is 11.8 Å². The van der Waals surface area contributed by atoms with Crippen LogP contribution in [0.25, 0.3) is 0 Å². The summed E-state index contributed by atoms with van der Waals surface area (Å²) >= 11 is 2.08. The minimum Gasteiger partial charge on any atom is -0.489 e. The molecule has 98 valence electrons. The summed E-state index contributed by atoms with van der Waals surface area (Å²) in [5.41, 5.74) is 2.47. The SMILES string of the molecule is CC1CN(Cc2cccc3c2OCCN3)CCS1. The minimum absolute atomic E-state index is 0.748. The summed E-state index contributed by atoms with van der Waals surface area (Å²) in [5.74, 6) is 2.31. The molecule has 0 spiro atoms. The molecule has 0 aromatic heterocycles. The zero-order valence-electron chi connectivity index (χ0n) is 10.8. The number of ether oxygens (including phenoxy) is 1. The molecule has 1 N–H and O–H groups in total. The van der Waals surface area contributed by atoms with E-state index >= 15 is 0 Å². The molecule has 4 heteroatoms. The monoisotopic (exact) mass is 264 g/mol. The second-order valence-corrected chi connectivity index (χ2v) is 6.53. The van der Waals surface area contributed by atoms with Gasteiger partial charge in [0.2, 0.25) is 0 Å². The summed E-state index contributed by atoms with van der Waals surface area (Å²) < 4.78 is 5.83. The maximum Gasteiger partial charge on any atom is 0.146 e. The van der Waals surface area contributed by atoms with Crippen molar-refractivity contribution in [2.24, 2.45) is 0 Å². The molecule has 3 nitrogen and oxygen atoms in total. The Bertz CT molecular complexity index is 424. The summed E-state index contributed by atoms with van der Waals surface area (Å²) in [7, 11) is 0. The number of hydrogen-bond donors (Lipinski definition) is 1. The Morgan fingerprint density at radius 3 is 3.33 bits per heavy atom. The molecule has 1 aromatic carbocycles. The highest BCUT2D eigenvalue weighted by atomic mass is 32.2. The quantitative estimate of drug-likeness (QED) is 0.886. The van der Waals surface area contributed by atoms with Crippen LogP contribution in [0.15, 0.2) is 18.2 Å². The van der Waals surface area contributed by atoms with E-state index < -0.39 is 0 Å². The molecule has 0 aliphatic carbocycles.